The van der Waals surface area contributed by atoms with E-state index in [1.807, 2.05) is 13.8 Å². The summed E-state index contributed by atoms with van der Waals surface area (Å²) in [7, 11) is 0. The van der Waals surface area contributed by atoms with E-state index in [0.29, 0.717) is 4.47 Å². The Morgan fingerprint density at radius 2 is 1.73 bits per heavy atom. The average molecular weight is 670 g/mol. The molecule has 1 aromatic carbocycles. The SMILES string of the molecule is CC(C)C[C@@H](NC(=O)C1=C[C@@H](Oc2cc(F)ccc2Br)[C@H](OC(=O)NCCCl)[C@H](OC(=O)NCCCl)C1)C(N)=O. The Kier molecular flexibility index (Phi) is 13.8. The van der Waals surface area contributed by atoms with Crippen LogP contribution in [-0.4, -0.2) is 73.2 Å². The third-order valence-corrected chi connectivity index (χ3v) is 6.54. The minimum Gasteiger partial charge on any atom is -0.481 e. The molecule has 5 N–H and O–H groups in total. The molecule has 0 fully saturated rings. The van der Waals surface area contributed by atoms with Crippen molar-refractivity contribution in [3.8, 4) is 5.75 Å². The van der Waals surface area contributed by atoms with Gasteiger partial charge >= 0.3 is 12.2 Å². The number of halogens is 4. The van der Waals surface area contributed by atoms with Crippen LogP contribution in [0.15, 0.2) is 34.3 Å². The van der Waals surface area contributed by atoms with Crippen molar-refractivity contribution >= 4 is 63.1 Å². The number of hydrogen-bond donors (Lipinski definition) is 4. The lowest BCUT2D eigenvalue weighted by Crippen LogP contribution is -2.52. The smallest absolute Gasteiger partial charge is 0.407 e. The highest BCUT2D eigenvalue weighted by atomic mass is 79.9. The van der Waals surface area contributed by atoms with Gasteiger partial charge in [-0.25, -0.2) is 14.0 Å². The second kappa shape index (κ2) is 16.5. The molecule has 0 saturated heterocycles. The van der Waals surface area contributed by atoms with Gasteiger partial charge in [-0.1, -0.05) is 13.8 Å². The first-order chi connectivity index (χ1) is 18.9. The van der Waals surface area contributed by atoms with Crippen molar-refractivity contribution in [2.75, 3.05) is 24.8 Å². The molecule has 0 unspecified atom stereocenters. The number of carbonyl (C=O) groups excluding carboxylic acids is 4. The van der Waals surface area contributed by atoms with E-state index in [1.165, 1.54) is 18.2 Å². The van der Waals surface area contributed by atoms with Crippen LogP contribution < -0.4 is 26.4 Å². The largest absolute Gasteiger partial charge is 0.481 e. The molecule has 0 saturated carbocycles. The summed E-state index contributed by atoms with van der Waals surface area (Å²) >= 11 is 14.6. The zero-order valence-corrected chi connectivity index (χ0v) is 25.0. The first-order valence-corrected chi connectivity index (χ1v) is 14.2. The summed E-state index contributed by atoms with van der Waals surface area (Å²) in [6, 6.07) is 2.73. The van der Waals surface area contributed by atoms with Crippen molar-refractivity contribution in [1.82, 2.24) is 16.0 Å². The highest BCUT2D eigenvalue weighted by molar-refractivity contribution is 9.10. The maximum atomic E-state index is 14.0. The van der Waals surface area contributed by atoms with Gasteiger partial charge in [0.15, 0.2) is 12.2 Å². The lowest BCUT2D eigenvalue weighted by Gasteiger charge is -2.36. The zero-order valence-electron chi connectivity index (χ0n) is 21.9. The normalized spacial score (nSPS) is 19.2. The molecule has 0 spiro atoms. The molecular formula is C25H32BrCl2FN4O7. The highest BCUT2D eigenvalue weighted by Gasteiger charge is 2.42. The van der Waals surface area contributed by atoms with Crippen LogP contribution in [-0.2, 0) is 19.1 Å². The van der Waals surface area contributed by atoms with Crippen LogP contribution >= 0.6 is 39.1 Å². The predicted molar refractivity (Wildman–Crippen MR) is 150 cm³/mol. The van der Waals surface area contributed by atoms with Gasteiger partial charge in [-0.05, 0) is 46.5 Å². The molecule has 222 valence electrons. The van der Waals surface area contributed by atoms with Gasteiger partial charge in [-0.15, -0.1) is 23.2 Å². The Bertz CT molecular complexity index is 1100. The van der Waals surface area contributed by atoms with Gasteiger partial charge in [0.05, 0.1) is 4.47 Å². The van der Waals surface area contributed by atoms with Crippen LogP contribution in [0.4, 0.5) is 14.0 Å². The topological polar surface area (TPSA) is 158 Å². The number of benzene rings is 1. The fraction of sp³-hybridized carbons (Fsp3) is 0.520. The number of nitrogens with two attached hydrogens (primary N) is 1. The van der Waals surface area contributed by atoms with E-state index in [-0.39, 0.29) is 54.9 Å². The molecular weight excluding hydrogens is 638 g/mol. The van der Waals surface area contributed by atoms with E-state index in [1.54, 1.807) is 0 Å². The molecule has 11 nitrogen and oxygen atoms in total. The van der Waals surface area contributed by atoms with Gasteiger partial charge in [-0.2, -0.15) is 0 Å². The second-order valence-electron chi connectivity index (χ2n) is 9.16. The molecule has 1 aliphatic rings. The molecule has 0 aromatic heterocycles. The number of nitrogens with one attached hydrogen (secondary N) is 3. The number of hydrogen-bond acceptors (Lipinski definition) is 7. The summed E-state index contributed by atoms with van der Waals surface area (Å²) in [6.07, 6.45) is -4.11. The molecule has 40 heavy (non-hydrogen) atoms. The van der Waals surface area contributed by atoms with Crippen molar-refractivity contribution < 1.29 is 37.8 Å². The summed E-state index contributed by atoms with van der Waals surface area (Å²) in [5.74, 6) is -1.71. The Morgan fingerprint density at radius 1 is 1.10 bits per heavy atom. The maximum absolute atomic E-state index is 14.0. The summed E-state index contributed by atoms with van der Waals surface area (Å²) in [5.41, 5.74) is 5.54. The third kappa shape index (κ3) is 10.7. The number of rotatable bonds is 13. The Balaban J connectivity index is 2.49. The molecule has 4 atom stereocenters. The molecule has 1 aliphatic carbocycles. The summed E-state index contributed by atoms with van der Waals surface area (Å²) in [4.78, 5) is 50.2. The molecule has 0 bridgehead atoms. The van der Waals surface area contributed by atoms with E-state index in [2.05, 4.69) is 31.9 Å². The first kappa shape index (κ1) is 33.4. The minimum absolute atomic E-state index is 0.0258. The zero-order chi connectivity index (χ0) is 29.8. The fourth-order valence-electron chi connectivity index (χ4n) is 3.75. The van der Waals surface area contributed by atoms with Crippen LogP contribution in [0.5, 0.6) is 5.75 Å². The van der Waals surface area contributed by atoms with Crippen LogP contribution in [0.25, 0.3) is 0 Å². The fourth-order valence-corrected chi connectivity index (χ4v) is 4.28. The third-order valence-electron chi connectivity index (χ3n) is 5.51. The van der Waals surface area contributed by atoms with E-state index in [4.69, 9.17) is 43.1 Å². The quantitative estimate of drug-likeness (QED) is 0.235. The van der Waals surface area contributed by atoms with Gasteiger partial charge in [-0.3, -0.25) is 9.59 Å². The van der Waals surface area contributed by atoms with Crippen LogP contribution in [0, 0.1) is 11.7 Å². The van der Waals surface area contributed by atoms with Gasteiger partial charge in [0.1, 0.15) is 23.7 Å². The number of alkyl halides is 2. The first-order valence-electron chi connectivity index (χ1n) is 12.4. The summed E-state index contributed by atoms with van der Waals surface area (Å²) in [6.45, 7) is 3.90. The van der Waals surface area contributed by atoms with E-state index >= 15 is 0 Å². The molecule has 4 amide bonds. The van der Waals surface area contributed by atoms with Crippen molar-refractivity contribution in [3.05, 3.63) is 40.1 Å². The standard InChI is InChI=1S/C25H32BrCl2FN4O7/c1-13(2)9-17(22(30)34)33-23(35)14-10-19(38-18-12-15(29)3-4-16(18)26)21(40-25(37)32-8-6-28)20(11-14)39-24(36)31-7-5-27/h3-4,10,12-13,17,19-21H,5-9,11H2,1-2H3,(H2,30,34)(H,31,36)(H,32,37)(H,33,35)/t17-,19-,20-,21+/m1/s1. The van der Waals surface area contributed by atoms with Crippen molar-refractivity contribution in [3.63, 3.8) is 0 Å². The lowest BCUT2D eigenvalue weighted by atomic mass is 9.90. The Hall–Kier alpha value is -2.77. The second-order valence-corrected chi connectivity index (χ2v) is 10.8. The molecule has 0 radical (unpaired) electrons. The van der Waals surface area contributed by atoms with Gasteiger partial charge in [0.2, 0.25) is 11.8 Å². The predicted octanol–water partition coefficient (Wildman–Crippen LogP) is 3.35. The minimum atomic E-state index is -1.29. The van der Waals surface area contributed by atoms with Crippen molar-refractivity contribution in [2.45, 2.75) is 51.0 Å². The summed E-state index contributed by atoms with van der Waals surface area (Å²) in [5, 5.41) is 7.48. The van der Waals surface area contributed by atoms with Crippen LogP contribution in [0.2, 0.25) is 0 Å². The average Bonchev–Trinajstić information content (AvgIpc) is 2.89. The van der Waals surface area contributed by atoms with Gasteiger partial charge < -0.3 is 35.9 Å². The number of ether oxygens (including phenoxy) is 3. The number of alkyl carbamates (subject to hydrolysis) is 2. The van der Waals surface area contributed by atoms with E-state index < -0.39 is 54.2 Å². The highest BCUT2D eigenvalue weighted by Crippen LogP contribution is 2.32. The number of carbonyl (C=O) groups is 4. The number of primary amides is 1. The monoisotopic (exact) mass is 668 g/mol. The Morgan fingerprint density at radius 3 is 2.30 bits per heavy atom. The molecule has 1 aromatic rings. The lowest BCUT2D eigenvalue weighted by molar-refractivity contribution is -0.126. The van der Waals surface area contributed by atoms with Crippen molar-refractivity contribution in [2.24, 2.45) is 11.7 Å². The van der Waals surface area contributed by atoms with Gasteiger partial charge in [0.25, 0.3) is 0 Å². The molecule has 15 heteroatoms. The van der Waals surface area contributed by atoms with E-state index in [9.17, 15) is 23.6 Å². The molecule has 0 aliphatic heterocycles. The Labute approximate surface area is 249 Å². The van der Waals surface area contributed by atoms with Crippen LogP contribution in [0.3, 0.4) is 0 Å². The number of amides is 4. The van der Waals surface area contributed by atoms with Crippen molar-refractivity contribution in [1.29, 1.82) is 0 Å². The molecule has 2 rings (SSSR count). The maximum Gasteiger partial charge on any atom is 0.407 e. The van der Waals surface area contributed by atoms with Crippen LogP contribution in [0.1, 0.15) is 26.7 Å². The molecule has 0 heterocycles. The summed E-state index contributed by atoms with van der Waals surface area (Å²) < 4.78 is 31.4. The van der Waals surface area contributed by atoms with E-state index in [0.717, 1.165) is 6.07 Å². The van der Waals surface area contributed by atoms with Gasteiger partial charge in [0, 0.05) is 42.9 Å².